The van der Waals surface area contributed by atoms with Crippen LogP contribution in [-0.4, -0.2) is 65.7 Å². The van der Waals surface area contributed by atoms with Crippen LogP contribution in [0.2, 0.25) is 0 Å². The number of unbranched alkanes of at least 4 members (excludes halogenated alkanes) is 6. The summed E-state index contributed by atoms with van der Waals surface area (Å²) in [5.41, 5.74) is 0. The van der Waals surface area contributed by atoms with Crippen molar-refractivity contribution in [1.29, 1.82) is 0 Å². The Balaban J connectivity index is 4.54. The second-order valence-corrected chi connectivity index (χ2v) is 15.8. The van der Waals surface area contributed by atoms with Crippen LogP contribution in [0.4, 0.5) is 0 Å². The van der Waals surface area contributed by atoms with E-state index in [9.17, 15) is 24.2 Å². The SMILES string of the molecule is CC/C=C\C/C=C\C/C=C\C/C=C\C/C=C\C/C=C\CCC(=O)OCC(COP(=O)(O)OCC(O)CO)OC(=O)CC/C=C\C/C=C\C/C=C\C/C=C\CCCCCCCC. The summed E-state index contributed by atoms with van der Waals surface area (Å²) in [6, 6.07) is 0. The fourth-order valence-electron chi connectivity index (χ4n) is 5.20. The van der Waals surface area contributed by atoms with E-state index in [4.69, 9.17) is 19.1 Å². The van der Waals surface area contributed by atoms with Crippen molar-refractivity contribution >= 4 is 19.8 Å². The number of hydrogen-bond acceptors (Lipinski definition) is 9. The number of carbonyl (C=O) groups excluding carboxylic acids is 2. The summed E-state index contributed by atoms with van der Waals surface area (Å²) in [6.07, 6.45) is 57.7. The molecular formula is C50H79O10P. The predicted octanol–water partition coefficient (Wildman–Crippen LogP) is 12.3. The number of aliphatic hydroxyl groups is 2. The summed E-state index contributed by atoms with van der Waals surface area (Å²) in [7, 11) is -4.66. The number of esters is 2. The topological polar surface area (TPSA) is 149 Å². The maximum Gasteiger partial charge on any atom is 0.472 e. The van der Waals surface area contributed by atoms with Crippen molar-refractivity contribution in [3.63, 3.8) is 0 Å². The Morgan fingerprint density at radius 3 is 1.36 bits per heavy atom. The van der Waals surface area contributed by atoms with Crippen LogP contribution < -0.4 is 0 Å². The monoisotopic (exact) mass is 871 g/mol. The van der Waals surface area contributed by atoms with Crippen molar-refractivity contribution < 1.29 is 47.8 Å². The summed E-state index contributed by atoms with van der Waals surface area (Å²) in [6.45, 7) is 2.07. The highest BCUT2D eigenvalue weighted by Crippen LogP contribution is 2.43. The molecule has 0 fully saturated rings. The zero-order valence-electron chi connectivity index (χ0n) is 37.3. The number of phosphoric ester groups is 1. The van der Waals surface area contributed by atoms with Crippen LogP contribution in [0.3, 0.4) is 0 Å². The Labute approximate surface area is 368 Å². The molecule has 0 radical (unpaired) electrons. The first-order chi connectivity index (χ1) is 29.7. The number of carbonyl (C=O) groups is 2. The summed E-state index contributed by atoms with van der Waals surface area (Å²) in [5.74, 6) is -1.13. The molecule has 0 bridgehead atoms. The summed E-state index contributed by atoms with van der Waals surface area (Å²) in [5, 5.41) is 18.3. The largest absolute Gasteiger partial charge is 0.472 e. The molecule has 0 saturated heterocycles. The van der Waals surface area contributed by atoms with Gasteiger partial charge in [0.15, 0.2) is 6.10 Å². The molecule has 0 heterocycles. The third-order valence-corrected chi connectivity index (χ3v) is 9.58. The first-order valence-electron chi connectivity index (χ1n) is 22.5. The number of aliphatic hydroxyl groups excluding tert-OH is 2. The van der Waals surface area contributed by atoms with Gasteiger partial charge in [-0.2, -0.15) is 0 Å². The van der Waals surface area contributed by atoms with Crippen LogP contribution in [0.5, 0.6) is 0 Å². The second-order valence-electron chi connectivity index (χ2n) is 14.3. The van der Waals surface area contributed by atoms with Crippen molar-refractivity contribution in [2.24, 2.45) is 0 Å². The normalized spacial score (nSPS) is 14.9. The maximum atomic E-state index is 12.6. The standard InChI is InChI=1S/C50H79O10P/c1-3-5-7-9-11-13-15-17-19-21-23-25-27-29-31-33-35-37-39-41-49(53)57-45-48(46-59-61(55,56)58-44-47(52)43-51)60-50(54)42-40-38-36-34-32-30-28-26-24-22-20-18-16-14-12-10-8-6-4-2/h5,7,11,13,17-20,23-26,29-32,35-38,47-48,51-52H,3-4,6,8-10,12,14-16,21-22,27-28,33-34,39-46H2,1-2H3,(H,55,56)/b7-5-,13-11-,19-17-,20-18-,25-23-,26-24-,31-29-,32-30-,37-35-,38-36-. The van der Waals surface area contributed by atoms with E-state index >= 15 is 0 Å². The maximum absolute atomic E-state index is 12.6. The van der Waals surface area contributed by atoms with Crippen LogP contribution in [0.1, 0.15) is 142 Å². The lowest BCUT2D eigenvalue weighted by Crippen LogP contribution is -2.29. The molecule has 0 aromatic rings. The Bertz CT molecular complexity index is 1420. The van der Waals surface area contributed by atoms with Gasteiger partial charge < -0.3 is 24.6 Å². The molecule has 0 aromatic carbocycles. The van der Waals surface area contributed by atoms with E-state index in [1.807, 2.05) is 24.3 Å². The molecule has 0 aromatic heterocycles. The number of hydrogen-bond donors (Lipinski definition) is 3. The Morgan fingerprint density at radius 1 is 0.508 bits per heavy atom. The quantitative estimate of drug-likeness (QED) is 0.0235. The van der Waals surface area contributed by atoms with Crippen molar-refractivity contribution in [3.05, 3.63) is 122 Å². The molecule has 0 spiro atoms. The van der Waals surface area contributed by atoms with Crippen molar-refractivity contribution in [2.75, 3.05) is 26.4 Å². The van der Waals surface area contributed by atoms with E-state index in [2.05, 4.69) is 116 Å². The minimum Gasteiger partial charge on any atom is -0.462 e. The average Bonchev–Trinajstić information content (AvgIpc) is 3.25. The van der Waals surface area contributed by atoms with Crippen LogP contribution in [0.15, 0.2) is 122 Å². The van der Waals surface area contributed by atoms with Gasteiger partial charge in [0.1, 0.15) is 12.7 Å². The van der Waals surface area contributed by atoms with Gasteiger partial charge in [0.2, 0.25) is 0 Å². The van der Waals surface area contributed by atoms with Crippen LogP contribution in [0.25, 0.3) is 0 Å². The molecule has 61 heavy (non-hydrogen) atoms. The number of rotatable bonds is 40. The summed E-state index contributed by atoms with van der Waals surface area (Å²) >= 11 is 0. The lowest BCUT2D eigenvalue weighted by atomic mass is 10.1. The van der Waals surface area contributed by atoms with Gasteiger partial charge in [-0.05, 0) is 83.5 Å². The Hall–Kier alpha value is -3.63. The molecule has 3 N–H and O–H groups in total. The predicted molar refractivity (Wildman–Crippen MR) is 251 cm³/mol. The molecule has 11 heteroatoms. The van der Waals surface area contributed by atoms with Crippen LogP contribution >= 0.6 is 7.82 Å². The Kier molecular flexibility index (Phi) is 41.8. The van der Waals surface area contributed by atoms with Crippen molar-refractivity contribution in [2.45, 2.75) is 154 Å². The molecule has 10 nitrogen and oxygen atoms in total. The van der Waals surface area contributed by atoms with Crippen LogP contribution in [-0.2, 0) is 32.7 Å². The molecule has 0 saturated carbocycles. The summed E-state index contributed by atoms with van der Waals surface area (Å²) < 4.78 is 32.6. The molecule has 0 rings (SSSR count). The molecular weight excluding hydrogens is 792 g/mol. The highest BCUT2D eigenvalue weighted by Gasteiger charge is 2.27. The lowest BCUT2D eigenvalue weighted by molar-refractivity contribution is -0.161. The van der Waals surface area contributed by atoms with Crippen LogP contribution in [0, 0.1) is 0 Å². The highest BCUT2D eigenvalue weighted by molar-refractivity contribution is 7.47. The van der Waals surface area contributed by atoms with Gasteiger partial charge >= 0.3 is 19.8 Å². The third kappa shape index (κ3) is 44.2. The smallest absolute Gasteiger partial charge is 0.462 e. The zero-order chi connectivity index (χ0) is 44.8. The van der Waals surface area contributed by atoms with Gasteiger partial charge in [-0.1, -0.05) is 167 Å². The van der Waals surface area contributed by atoms with E-state index in [1.54, 1.807) is 0 Å². The zero-order valence-corrected chi connectivity index (χ0v) is 38.2. The second kappa shape index (κ2) is 44.4. The molecule has 0 aliphatic heterocycles. The van der Waals surface area contributed by atoms with E-state index in [-0.39, 0.29) is 12.8 Å². The number of allylic oxidation sites excluding steroid dienone is 20. The van der Waals surface area contributed by atoms with Gasteiger partial charge in [-0.3, -0.25) is 18.6 Å². The molecule has 0 aliphatic carbocycles. The van der Waals surface area contributed by atoms with E-state index < -0.39 is 58.4 Å². The van der Waals surface area contributed by atoms with E-state index in [0.717, 1.165) is 64.2 Å². The minimum absolute atomic E-state index is 0.0401. The molecule has 0 aliphatic rings. The van der Waals surface area contributed by atoms with Gasteiger partial charge in [0, 0.05) is 12.8 Å². The summed E-state index contributed by atoms with van der Waals surface area (Å²) in [4.78, 5) is 35.0. The van der Waals surface area contributed by atoms with Gasteiger partial charge in [-0.15, -0.1) is 0 Å². The third-order valence-electron chi connectivity index (χ3n) is 8.63. The van der Waals surface area contributed by atoms with Gasteiger partial charge in [-0.25, -0.2) is 4.57 Å². The average molecular weight is 871 g/mol. The van der Waals surface area contributed by atoms with Gasteiger partial charge in [0.25, 0.3) is 0 Å². The first kappa shape index (κ1) is 57.4. The lowest BCUT2D eigenvalue weighted by Gasteiger charge is -2.20. The Morgan fingerprint density at radius 2 is 0.902 bits per heavy atom. The van der Waals surface area contributed by atoms with Gasteiger partial charge in [0.05, 0.1) is 19.8 Å². The molecule has 3 unspecified atom stereocenters. The first-order valence-corrected chi connectivity index (χ1v) is 24.0. The molecule has 0 amide bonds. The number of phosphoric acid groups is 1. The fourth-order valence-corrected chi connectivity index (χ4v) is 5.99. The van der Waals surface area contributed by atoms with E-state index in [1.165, 1.54) is 38.5 Å². The minimum atomic E-state index is -4.66. The highest BCUT2D eigenvalue weighted by atomic mass is 31.2. The fraction of sp³-hybridized carbons (Fsp3) is 0.560. The van der Waals surface area contributed by atoms with Crippen molar-refractivity contribution in [1.82, 2.24) is 0 Å². The molecule has 344 valence electrons. The van der Waals surface area contributed by atoms with Crippen molar-refractivity contribution in [3.8, 4) is 0 Å². The van der Waals surface area contributed by atoms with E-state index in [0.29, 0.717) is 12.8 Å². The number of ether oxygens (including phenoxy) is 2. The molecule has 3 atom stereocenters.